The lowest BCUT2D eigenvalue weighted by Crippen LogP contribution is -2.63. The summed E-state index contributed by atoms with van der Waals surface area (Å²) in [7, 11) is 0. The zero-order chi connectivity index (χ0) is 34.8. The van der Waals surface area contributed by atoms with Crippen molar-refractivity contribution in [3.05, 3.63) is 12.2 Å². The lowest BCUT2D eigenvalue weighted by molar-refractivity contribution is -0.777. The van der Waals surface area contributed by atoms with Crippen LogP contribution in [0.3, 0.4) is 0 Å². The minimum absolute atomic E-state index is 0.00422. The van der Waals surface area contributed by atoms with Crippen LogP contribution in [0.25, 0.3) is 0 Å². The number of carbonyl (C=O) groups is 2. The van der Waals surface area contributed by atoms with E-state index in [4.69, 9.17) is 23.3 Å². The molecule has 0 radical (unpaired) electrons. The van der Waals surface area contributed by atoms with Gasteiger partial charge in [0.15, 0.2) is 30.8 Å². The summed E-state index contributed by atoms with van der Waals surface area (Å²) >= 11 is 4.29. The number of aliphatic hydroxyl groups is 2. The molecule has 2 bridgehead atoms. The maximum absolute atomic E-state index is 13.0. The van der Waals surface area contributed by atoms with E-state index in [1.165, 1.54) is 0 Å². The third-order valence-electron chi connectivity index (χ3n) is 11.4. The molecule has 8 unspecified atom stereocenters. The van der Waals surface area contributed by atoms with E-state index < -0.39 is 72.8 Å². The van der Waals surface area contributed by atoms with E-state index in [1.54, 1.807) is 0 Å². The van der Waals surface area contributed by atoms with E-state index in [0.717, 1.165) is 31.3 Å². The summed E-state index contributed by atoms with van der Waals surface area (Å²) < 4.78 is 32.3. The van der Waals surface area contributed by atoms with E-state index in [2.05, 4.69) is 50.2 Å². The number of aliphatic hydroxyl groups excluding tert-OH is 2. The Labute approximate surface area is 288 Å². The number of fused-ring (bicyclic) bond motifs is 3. The molecule has 0 aromatic rings. The number of aliphatic carboxylic acids is 1. The predicted octanol–water partition coefficient (Wildman–Crippen LogP) is 2.10. The van der Waals surface area contributed by atoms with E-state index in [1.807, 2.05) is 13.8 Å². The van der Waals surface area contributed by atoms with Crippen molar-refractivity contribution in [3.63, 3.8) is 0 Å². The SMILES string of the molecule is C=C1C2CCC3C4(C)CC(O[C@H]5O[C@H](CO)[C@@H](OOOO[S-])[C@@H](OSOO[O-])C5OC(=O)CC(C)C)CC(C(=O)O)C4CCC3(C2)[C@H]1O. The molecular formula is C30H44O16S2-2. The minimum atomic E-state index is -1.43. The molecule has 18 heteroatoms. The fraction of sp³-hybridized carbons (Fsp3) is 0.867. The number of ether oxygens (including phenoxy) is 3. The lowest BCUT2D eigenvalue weighted by atomic mass is 9.43. The highest BCUT2D eigenvalue weighted by molar-refractivity contribution is 7.89. The third kappa shape index (κ3) is 7.43. The Hall–Kier alpha value is -1.10. The first kappa shape index (κ1) is 38.1. The van der Waals surface area contributed by atoms with Crippen molar-refractivity contribution in [2.45, 2.75) is 115 Å². The van der Waals surface area contributed by atoms with Gasteiger partial charge in [0.2, 0.25) is 0 Å². The minimum Gasteiger partial charge on any atom is -0.691 e. The molecule has 5 rings (SSSR count). The highest BCUT2D eigenvalue weighted by Crippen LogP contribution is 2.70. The van der Waals surface area contributed by atoms with Crippen molar-refractivity contribution in [2.75, 3.05) is 6.61 Å². The molecule has 274 valence electrons. The zero-order valence-electron chi connectivity index (χ0n) is 27.0. The van der Waals surface area contributed by atoms with E-state index in [0.29, 0.717) is 12.8 Å². The van der Waals surface area contributed by atoms with Crippen molar-refractivity contribution < 1.29 is 77.2 Å². The fourth-order valence-electron chi connectivity index (χ4n) is 9.69. The summed E-state index contributed by atoms with van der Waals surface area (Å²) in [6.07, 6.45) is -3.80. The number of hydrogen-bond donors (Lipinski definition) is 3. The Kier molecular flexibility index (Phi) is 12.8. The van der Waals surface area contributed by atoms with Crippen LogP contribution in [0, 0.1) is 40.4 Å². The van der Waals surface area contributed by atoms with Gasteiger partial charge < -0.3 is 52.0 Å². The van der Waals surface area contributed by atoms with Gasteiger partial charge in [-0.2, -0.15) is 4.89 Å². The first-order valence-electron chi connectivity index (χ1n) is 16.2. The molecule has 5 aliphatic rings. The molecule has 0 aromatic carbocycles. The molecule has 16 nitrogen and oxygen atoms in total. The molecule has 1 heterocycles. The van der Waals surface area contributed by atoms with Crippen LogP contribution in [0.1, 0.15) is 72.1 Å². The number of esters is 1. The first-order valence-corrected chi connectivity index (χ1v) is 17.2. The molecule has 3 N–H and O–H groups in total. The van der Waals surface area contributed by atoms with Gasteiger partial charge in [0.25, 0.3) is 0 Å². The van der Waals surface area contributed by atoms with Crippen LogP contribution in [0.2, 0.25) is 0 Å². The second-order valence-corrected chi connectivity index (χ2v) is 14.9. The van der Waals surface area contributed by atoms with Gasteiger partial charge in [0, 0.05) is 11.8 Å². The topological polar surface area (TPSA) is 210 Å². The van der Waals surface area contributed by atoms with Crippen LogP contribution in [0.15, 0.2) is 12.2 Å². The van der Waals surface area contributed by atoms with Crippen LogP contribution in [0.5, 0.6) is 0 Å². The average Bonchev–Trinajstić information content (AvgIpc) is 3.21. The number of carboxylic acids is 1. The highest BCUT2D eigenvalue weighted by Gasteiger charge is 2.67. The lowest BCUT2D eigenvalue weighted by Gasteiger charge is -2.62. The highest BCUT2D eigenvalue weighted by atomic mass is 32.2. The molecule has 4 aliphatic carbocycles. The van der Waals surface area contributed by atoms with Gasteiger partial charge in [-0.05, 0) is 84.6 Å². The fourth-order valence-corrected chi connectivity index (χ4v) is 10.1. The number of carbonyl (C=O) groups excluding carboxylic acids is 1. The van der Waals surface area contributed by atoms with Crippen LogP contribution in [-0.4, -0.2) is 76.8 Å². The molecular weight excluding hydrogens is 680 g/mol. The van der Waals surface area contributed by atoms with Gasteiger partial charge >= 0.3 is 11.9 Å². The number of carboxylic acid groups (broad SMARTS) is 1. The largest absolute Gasteiger partial charge is 0.691 e. The van der Waals surface area contributed by atoms with Crippen molar-refractivity contribution in [2.24, 2.45) is 40.4 Å². The van der Waals surface area contributed by atoms with E-state index >= 15 is 0 Å². The Morgan fingerprint density at radius 3 is 2.60 bits per heavy atom. The molecule has 5 fully saturated rings. The zero-order valence-corrected chi connectivity index (χ0v) is 28.6. The van der Waals surface area contributed by atoms with Crippen molar-refractivity contribution in [1.82, 2.24) is 0 Å². The van der Waals surface area contributed by atoms with Gasteiger partial charge in [-0.3, -0.25) is 18.8 Å². The Bertz CT molecular complexity index is 1150. The Morgan fingerprint density at radius 2 is 1.94 bits per heavy atom. The number of rotatable bonds is 15. The van der Waals surface area contributed by atoms with Crippen LogP contribution in [0.4, 0.5) is 0 Å². The van der Waals surface area contributed by atoms with Crippen LogP contribution >= 0.6 is 12.3 Å². The summed E-state index contributed by atoms with van der Waals surface area (Å²) in [5.41, 5.74) is -0.0347. The van der Waals surface area contributed by atoms with Crippen LogP contribution in [-0.2, 0) is 69.6 Å². The normalized spacial score (nSPS) is 42.3. The molecule has 1 aliphatic heterocycles. The predicted molar refractivity (Wildman–Crippen MR) is 160 cm³/mol. The molecule has 0 amide bonds. The Morgan fingerprint density at radius 1 is 1.17 bits per heavy atom. The molecule has 1 spiro atoms. The van der Waals surface area contributed by atoms with E-state index in [-0.39, 0.29) is 54.3 Å². The second kappa shape index (κ2) is 16.1. The second-order valence-electron chi connectivity index (χ2n) is 14.3. The smallest absolute Gasteiger partial charge is 0.306 e. The molecule has 48 heavy (non-hydrogen) atoms. The van der Waals surface area contributed by atoms with E-state index in [9.17, 15) is 30.2 Å². The first-order chi connectivity index (χ1) is 22.9. The molecule has 13 atom stereocenters. The Balaban J connectivity index is 1.46. The van der Waals surface area contributed by atoms with Gasteiger partial charge in [0.05, 0.1) is 24.7 Å². The monoisotopic (exact) mass is 724 g/mol. The number of hydrogen-bond acceptors (Lipinski definition) is 17. The van der Waals surface area contributed by atoms with Gasteiger partial charge in [-0.25, -0.2) is 0 Å². The van der Waals surface area contributed by atoms with Crippen LogP contribution < -0.4 is 5.26 Å². The van der Waals surface area contributed by atoms with Crippen molar-refractivity contribution in [3.8, 4) is 0 Å². The summed E-state index contributed by atoms with van der Waals surface area (Å²) in [6.45, 7) is 9.27. The van der Waals surface area contributed by atoms with Gasteiger partial charge in [-0.1, -0.05) is 32.4 Å². The summed E-state index contributed by atoms with van der Waals surface area (Å²) in [6, 6.07) is 0. The quantitative estimate of drug-likeness (QED) is 0.0323. The van der Waals surface area contributed by atoms with Crippen molar-refractivity contribution >= 4 is 37.2 Å². The van der Waals surface area contributed by atoms with Gasteiger partial charge in [-0.15, -0.1) is 4.33 Å². The standard InChI is InChI=1S/C30H46O16S2/c1-14(2)9-22(32)39-25-24(41-48-46-42-36)23(40-43-44-45-47)20(13-31)38-28(25)37-17-10-18(27(34)35)19-7-8-30-11-16(15(3)26(30)33)5-6-21(30)29(19,4)12-17/h14,16-21,23-26,28,31,33,36,47H,3,5-13H2,1-2,4H3,(H,34,35)/p-2/t16?,17?,18?,19?,20-,21?,23-,24-,25?,26+,28+,29?,30?/m1/s1. The van der Waals surface area contributed by atoms with Crippen molar-refractivity contribution in [1.29, 1.82) is 0 Å². The maximum atomic E-state index is 13.0. The summed E-state index contributed by atoms with van der Waals surface area (Å²) in [5.74, 6) is -2.32. The maximum Gasteiger partial charge on any atom is 0.306 e. The summed E-state index contributed by atoms with van der Waals surface area (Å²) in [4.78, 5) is 31.0. The summed E-state index contributed by atoms with van der Waals surface area (Å²) in [5, 5.41) is 54.8. The molecule has 1 saturated heterocycles. The molecule has 4 saturated carbocycles. The molecule has 0 aromatic heterocycles. The third-order valence-corrected chi connectivity index (χ3v) is 11.9. The van der Waals surface area contributed by atoms with Gasteiger partial charge in [0.1, 0.15) is 12.2 Å². The average molecular weight is 725 g/mol.